The Morgan fingerprint density at radius 2 is 2.00 bits per heavy atom. The minimum atomic E-state index is -0.518. The second-order valence-electron chi connectivity index (χ2n) is 5.59. The van der Waals surface area contributed by atoms with Crippen LogP contribution in [-0.4, -0.2) is 21.0 Å². The van der Waals surface area contributed by atoms with Crippen molar-refractivity contribution in [2.24, 2.45) is 5.41 Å². The van der Waals surface area contributed by atoms with Crippen molar-refractivity contribution < 1.29 is 5.11 Å². The second-order valence-corrected chi connectivity index (χ2v) is 5.59. The van der Waals surface area contributed by atoms with E-state index in [1.807, 2.05) is 39.0 Å². The van der Waals surface area contributed by atoms with E-state index in [4.69, 9.17) is 0 Å². The van der Waals surface area contributed by atoms with Gasteiger partial charge in [-0.15, -0.1) is 0 Å². The van der Waals surface area contributed by atoms with Crippen LogP contribution in [0.1, 0.15) is 20.8 Å². The lowest BCUT2D eigenvalue weighted by atomic mass is 9.89. The predicted molar refractivity (Wildman–Crippen MR) is 71.5 cm³/mol. The van der Waals surface area contributed by atoms with Crippen LogP contribution < -0.4 is 5.43 Å². The molecule has 96 valence electrons. The Hall–Kier alpha value is -1.68. The van der Waals surface area contributed by atoms with Crippen molar-refractivity contribution in [3.8, 4) is 0 Å². The average Bonchev–Trinajstić information content (AvgIpc) is 2.32. The van der Waals surface area contributed by atoms with Gasteiger partial charge in [0.1, 0.15) is 0 Å². The van der Waals surface area contributed by atoms with Gasteiger partial charge in [0, 0.05) is 5.39 Å². The molecule has 0 fully saturated rings. The van der Waals surface area contributed by atoms with E-state index >= 15 is 0 Å². The Labute approximate surface area is 106 Å². The number of aliphatic hydroxyl groups is 1. The van der Waals surface area contributed by atoms with Gasteiger partial charge >= 0.3 is 0 Å². The molecule has 1 N–H and O–H groups in total. The van der Waals surface area contributed by atoms with Gasteiger partial charge in [-0.25, -0.2) is 0 Å². The Balaban J connectivity index is 2.47. The molecule has 1 heterocycles. The summed E-state index contributed by atoms with van der Waals surface area (Å²) in [6.07, 6.45) is 0.786. The first-order valence-corrected chi connectivity index (χ1v) is 6.02. The highest BCUT2D eigenvalue weighted by Crippen LogP contribution is 2.21. The lowest BCUT2D eigenvalue weighted by Crippen LogP contribution is -2.31. The zero-order valence-corrected chi connectivity index (χ0v) is 10.9. The third-order valence-electron chi connectivity index (χ3n) is 3.11. The number of aromatic nitrogens is 2. The number of hydrogen-bond donors (Lipinski definition) is 1. The van der Waals surface area contributed by atoms with E-state index in [1.54, 1.807) is 10.7 Å². The van der Waals surface area contributed by atoms with E-state index in [2.05, 4.69) is 5.10 Å². The lowest BCUT2D eigenvalue weighted by molar-refractivity contribution is 0.0459. The first-order valence-electron chi connectivity index (χ1n) is 6.02. The summed E-state index contributed by atoms with van der Waals surface area (Å²) in [5.41, 5.74) is 0.451. The Morgan fingerprint density at radius 1 is 1.33 bits per heavy atom. The van der Waals surface area contributed by atoms with Crippen molar-refractivity contribution in [2.75, 3.05) is 0 Å². The molecule has 4 nitrogen and oxygen atoms in total. The first kappa shape index (κ1) is 12.8. The molecule has 0 aliphatic heterocycles. The third-order valence-corrected chi connectivity index (χ3v) is 3.11. The Kier molecular flexibility index (Phi) is 3.22. The number of rotatable bonds is 2. The molecule has 1 aromatic heterocycles. The van der Waals surface area contributed by atoms with E-state index in [-0.39, 0.29) is 10.8 Å². The van der Waals surface area contributed by atoms with Crippen molar-refractivity contribution in [2.45, 2.75) is 33.4 Å². The molecule has 0 bridgehead atoms. The van der Waals surface area contributed by atoms with Gasteiger partial charge < -0.3 is 5.11 Å². The van der Waals surface area contributed by atoms with E-state index < -0.39 is 6.10 Å². The molecule has 1 unspecified atom stereocenters. The molecule has 4 heteroatoms. The van der Waals surface area contributed by atoms with Crippen LogP contribution in [0.3, 0.4) is 0 Å². The smallest absolute Gasteiger partial charge is 0.207 e. The number of nitrogens with zero attached hydrogens (tertiary/aromatic N) is 2. The third kappa shape index (κ3) is 2.43. The van der Waals surface area contributed by atoms with Crippen molar-refractivity contribution in [3.63, 3.8) is 0 Å². The van der Waals surface area contributed by atoms with E-state index in [9.17, 15) is 9.90 Å². The molecule has 1 atom stereocenters. The van der Waals surface area contributed by atoms with Crippen molar-refractivity contribution >= 4 is 10.9 Å². The quantitative estimate of drug-likeness (QED) is 0.879. The summed E-state index contributed by atoms with van der Waals surface area (Å²) >= 11 is 0. The van der Waals surface area contributed by atoms with Gasteiger partial charge in [0.2, 0.25) is 5.43 Å². The number of para-hydroxylation sites is 1. The summed E-state index contributed by atoms with van der Waals surface area (Å²) in [6.45, 7) is 6.30. The van der Waals surface area contributed by atoms with Crippen LogP contribution >= 0.6 is 0 Å². The summed E-state index contributed by atoms with van der Waals surface area (Å²) < 4.78 is 1.69. The molecule has 0 amide bonds. The molecule has 18 heavy (non-hydrogen) atoms. The highest BCUT2D eigenvalue weighted by molar-refractivity contribution is 5.77. The van der Waals surface area contributed by atoms with Crippen LogP contribution in [0.15, 0.2) is 35.3 Å². The van der Waals surface area contributed by atoms with Gasteiger partial charge in [-0.3, -0.25) is 9.48 Å². The maximum atomic E-state index is 11.7. The van der Waals surface area contributed by atoms with Gasteiger partial charge in [0.15, 0.2) is 0 Å². The fraction of sp³-hybridized carbons (Fsp3) is 0.429. The molecular formula is C14H18N2O2. The zero-order chi connectivity index (χ0) is 13.3. The van der Waals surface area contributed by atoms with Gasteiger partial charge in [-0.05, 0) is 17.5 Å². The fourth-order valence-corrected chi connectivity index (χ4v) is 1.74. The van der Waals surface area contributed by atoms with Crippen LogP contribution in [0.25, 0.3) is 10.9 Å². The molecule has 0 saturated heterocycles. The van der Waals surface area contributed by atoms with Crippen molar-refractivity contribution in [1.29, 1.82) is 0 Å². The molecule has 2 rings (SSSR count). The van der Waals surface area contributed by atoms with E-state index in [1.165, 1.54) is 6.20 Å². The number of hydrogen-bond acceptors (Lipinski definition) is 3. The van der Waals surface area contributed by atoms with E-state index in [0.717, 1.165) is 5.52 Å². The predicted octanol–water partition coefficient (Wildman–Crippen LogP) is 1.80. The van der Waals surface area contributed by atoms with Crippen LogP contribution in [0, 0.1) is 5.41 Å². The highest BCUT2D eigenvalue weighted by atomic mass is 16.3. The summed E-state index contributed by atoms with van der Waals surface area (Å²) in [5, 5.41) is 14.9. The second kappa shape index (κ2) is 4.53. The molecular weight excluding hydrogens is 228 g/mol. The SMILES string of the molecule is CC(C)(C)C(O)Cn1ncc(=O)c2ccccc21. The molecule has 0 aliphatic carbocycles. The molecule has 1 aromatic carbocycles. The molecule has 0 spiro atoms. The summed E-state index contributed by atoms with van der Waals surface area (Å²) in [7, 11) is 0. The van der Waals surface area contributed by atoms with Gasteiger partial charge in [0.05, 0.1) is 24.4 Å². The fourth-order valence-electron chi connectivity index (χ4n) is 1.74. The number of fused-ring (bicyclic) bond motifs is 1. The lowest BCUT2D eigenvalue weighted by Gasteiger charge is -2.26. The maximum absolute atomic E-state index is 11.7. The zero-order valence-electron chi connectivity index (χ0n) is 10.9. The van der Waals surface area contributed by atoms with Gasteiger partial charge in [0.25, 0.3) is 0 Å². The van der Waals surface area contributed by atoms with Crippen LogP contribution in [0.5, 0.6) is 0 Å². The standard InChI is InChI=1S/C14H18N2O2/c1-14(2,3)13(18)9-16-11-7-5-4-6-10(11)12(17)8-15-16/h4-8,13,18H,9H2,1-3H3. The largest absolute Gasteiger partial charge is 0.391 e. The summed E-state index contributed by atoms with van der Waals surface area (Å²) in [5.74, 6) is 0. The van der Waals surface area contributed by atoms with Gasteiger partial charge in [-0.1, -0.05) is 32.9 Å². The van der Waals surface area contributed by atoms with Crippen LogP contribution in [0.2, 0.25) is 0 Å². The molecule has 0 saturated carbocycles. The normalized spacial score (nSPS) is 13.8. The molecule has 2 aromatic rings. The average molecular weight is 246 g/mol. The molecule has 0 radical (unpaired) electrons. The Bertz CT molecular complexity index is 611. The Morgan fingerprint density at radius 3 is 2.67 bits per heavy atom. The maximum Gasteiger partial charge on any atom is 0.207 e. The number of aliphatic hydroxyl groups excluding tert-OH is 1. The van der Waals surface area contributed by atoms with Crippen molar-refractivity contribution in [1.82, 2.24) is 9.78 Å². The molecule has 0 aliphatic rings. The monoisotopic (exact) mass is 246 g/mol. The van der Waals surface area contributed by atoms with Crippen LogP contribution in [-0.2, 0) is 6.54 Å². The highest BCUT2D eigenvalue weighted by Gasteiger charge is 2.23. The van der Waals surface area contributed by atoms with E-state index in [0.29, 0.717) is 11.9 Å². The first-order chi connectivity index (χ1) is 8.39. The minimum absolute atomic E-state index is 0.0906. The topological polar surface area (TPSA) is 55.1 Å². The summed E-state index contributed by atoms with van der Waals surface area (Å²) in [6, 6.07) is 7.32. The van der Waals surface area contributed by atoms with Crippen LogP contribution in [0.4, 0.5) is 0 Å². The number of benzene rings is 1. The summed E-state index contributed by atoms with van der Waals surface area (Å²) in [4.78, 5) is 11.7. The minimum Gasteiger partial charge on any atom is -0.391 e. The van der Waals surface area contributed by atoms with Gasteiger partial charge in [-0.2, -0.15) is 5.10 Å². The van der Waals surface area contributed by atoms with Crippen molar-refractivity contribution in [3.05, 3.63) is 40.7 Å².